The molecular formula is C15H16N2O2. The van der Waals surface area contributed by atoms with Crippen LogP contribution in [-0.2, 0) is 6.42 Å². The highest BCUT2D eigenvalue weighted by Gasteiger charge is 2.09. The van der Waals surface area contributed by atoms with Crippen LogP contribution in [-0.4, -0.2) is 22.6 Å². The predicted octanol–water partition coefficient (Wildman–Crippen LogP) is 2.82. The Labute approximate surface area is 112 Å². The van der Waals surface area contributed by atoms with Crippen LogP contribution in [0, 0.1) is 0 Å². The first-order valence-electron chi connectivity index (χ1n) is 6.23. The number of carboxylic acid groups (broad SMARTS) is 1. The first-order chi connectivity index (χ1) is 9.27. The molecule has 0 spiro atoms. The third kappa shape index (κ3) is 3.81. The highest BCUT2D eigenvalue weighted by atomic mass is 16.4. The Bertz CT molecular complexity index is 541. The number of hydrogen-bond acceptors (Lipinski definition) is 3. The van der Waals surface area contributed by atoms with Crippen LogP contribution in [0.5, 0.6) is 0 Å². The van der Waals surface area contributed by atoms with Gasteiger partial charge >= 0.3 is 5.97 Å². The van der Waals surface area contributed by atoms with Crippen LogP contribution in [0.15, 0.2) is 48.7 Å². The summed E-state index contributed by atoms with van der Waals surface area (Å²) in [4.78, 5) is 14.8. The fourth-order valence-corrected chi connectivity index (χ4v) is 1.88. The number of nitrogens with one attached hydrogen (secondary N) is 1. The van der Waals surface area contributed by atoms with E-state index in [0.717, 1.165) is 19.4 Å². The summed E-state index contributed by atoms with van der Waals surface area (Å²) in [6, 6.07) is 13.7. The van der Waals surface area contributed by atoms with Crippen LogP contribution in [0.2, 0.25) is 0 Å². The number of aromatic nitrogens is 1. The number of rotatable bonds is 6. The number of carboxylic acids is 1. The lowest BCUT2D eigenvalue weighted by Gasteiger charge is -2.08. The van der Waals surface area contributed by atoms with Gasteiger partial charge in [0.2, 0.25) is 0 Å². The Hall–Kier alpha value is -2.36. The molecular weight excluding hydrogens is 240 g/mol. The van der Waals surface area contributed by atoms with Gasteiger partial charge in [0.1, 0.15) is 0 Å². The second-order valence-electron chi connectivity index (χ2n) is 4.22. The van der Waals surface area contributed by atoms with Crippen molar-refractivity contribution in [1.29, 1.82) is 0 Å². The third-order valence-electron chi connectivity index (χ3n) is 2.81. The Morgan fingerprint density at radius 1 is 1.16 bits per heavy atom. The first-order valence-corrected chi connectivity index (χ1v) is 6.23. The lowest BCUT2D eigenvalue weighted by molar-refractivity contribution is 0.0691. The van der Waals surface area contributed by atoms with E-state index < -0.39 is 5.97 Å². The van der Waals surface area contributed by atoms with Crippen LogP contribution >= 0.6 is 0 Å². The Kier molecular flexibility index (Phi) is 4.50. The van der Waals surface area contributed by atoms with Crippen molar-refractivity contribution in [3.63, 3.8) is 0 Å². The molecule has 0 bridgehead atoms. The maximum atomic E-state index is 11.0. The fraction of sp³-hybridized carbons (Fsp3) is 0.200. The van der Waals surface area contributed by atoms with E-state index in [4.69, 9.17) is 5.11 Å². The van der Waals surface area contributed by atoms with Crippen LogP contribution < -0.4 is 5.32 Å². The number of hydrogen-bond donors (Lipinski definition) is 2. The molecule has 4 nitrogen and oxygen atoms in total. The molecule has 0 aliphatic rings. The quantitative estimate of drug-likeness (QED) is 0.780. The topological polar surface area (TPSA) is 62.2 Å². The van der Waals surface area contributed by atoms with Crippen LogP contribution in [0.4, 0.5) is 5.69 Å². The van der Waals surface area contributed by atoms with Gasteiger partial charge in [-0.15, -0.1) is 0 Å². The average molecular weight is 256 g/mol. The molecule has 0 aliphatic heterocycles. The van der Waals surface area contributed by atoms with Crippen molar-refractivity contribution in [1.82, 2.24) is 4.98 Å². The molecule has 0 fully saturated rings. The maximum absolute atomic E-state index is 11.0. The van der Waals surface area contributed by atoms with Crippen molar-refractivity contribution in [2.24, 2.45) is 0 Å². The van der Waals surface area contributed by atoms with Gasteiger partial charge in [-0.2, -0.15) is 0 Å². The Balaban J connectivity index is 1.85. The van der Waals surface area contributed by atoms with Crippen LogP contribution in [0.1, 0.15) is 22.5 Å². The van der Waals surface area contributed by atoms with Gasteiger partial charge in [0.25, 0.3) is 0 Å². The summed E-state index contributed by atoms with van der Waals surface area (Å²) in [5.74, 6) is -1.01. The van der Waals surface area contributed by atoms with E-state index in [9.17, 15) is 4.79 Å². The molecule has 1 aromatic carbocycles. The standard InChI is InChI=1S/C15H16N2O2/c18-15(19)14-13(9-5-11-17-14)16-10-4-8-12-6-2-1-3-7-12/h1-3,5-7,9,11,16H,4,8,10H2,(H,18,19). The highest BCUT2D eigenvalue weighted by molar-refractivity contribution is 5.91. The minimum atomic E-state index is -1.01. The molecule has 4 heteroatoms. The minimum absolute atomic E-state index is 0.0715. The molecule has 0 saturated heterocycles. The lowest BCUT2D eigenvalue weighted by Crippen LogP contribution is -2.09. The van der Waals surface area contributed by atoms with Crippen molar-refractivity contribution < 1.29 is 9.90 Å². The van der Waals surface area contributed by atoms with Gasteiger partial charge in [-0.05, 0) is 30.5 Å². The number of anilines is 1. The van der Waals surface area contributed by atoms with Gasteiger partial charge in [-0.25, -0.2) is 9.78 Å². The highest BCUT2D eigenvalue weighted by Crippen LogP contribution is 2.12. The second-order valence-corrected chi connectivity index (χ2v) is 4.22. The number of nitrogens with zero attached hydrogens (tertiary/aromatic N) is 1. The molecule has 19 heavy (non-hydrogen) atoms. The van der Waals surface area contributed by atoms with E-state index in [1.807, 2.05) is 18.2 Å². The molecule has 2 aromatic rings. The molecule has 0 saturated carbocycles. The van der Waals surface area contributed by atoms with Crippen molar-refractivity contribution in [2.75, 3.05) is 11.9 Å². The van der Waals surface area contributed by atoms with Crippen molar-refractivity contribution in [3.8, 4) is 0 Å². The summed E-state index contributed by atoms with van der Waals surface area (Å²) < 4.78 is 0. The summed E-state index contributed by atoms with van der Waals surface area (Å²) in [5.41, 5.74) is 1.93. The molecule has 2 rings (SSSR count). The van der Waals surface area contributed by atoms with E-state index in [1.54, 1.807) is 12.1 Å². The first kappa shape index (κ1) is 13.1. The van der Waals surface area contributed by atoms with Gasteiger partial charge in [0, 0.05) is 12.7 Å². The molecule has 2 N–H and O–H groups in total. The maximum Gasteiger partial charge on any atom is 0.356 e. The second kappa shape index (κ2) is 6.54. The summed E-state index contributed by atoms with van der Waals surface area (Å²) in [6.07, 6.45) is 3.40. The van der Waals surface area contributed by atoms with E-state index in [2.05, 4.69) is 22.4 Å². The number of benzene rings is 1. The lowest BCUT2D eigenvalue weighted by atomic mass is 10.1. The molecule has 0 unspecified atom stereocenters. The molecule has 1 aromatic heterocycles. The monoisotopic (exact) mass is 256 g/mol. The molecule has 0 aliphatic carbocycles. The van der Waals surface area contributed by atoms with E-state index >= 15 is 0 Å². The van der Waals surface area contributed by atoms with Gasteiger partial charge < -0.3 is 10.4 Å². The summed E-state index contributed by atoms with van der Waals surface area (Å²) in [5, 5.41) is 12.1. The molecule has 0 amide bonds. The number of carbonyl (C=O) groups is 1. The Morgan fingerprint density at radius 2 is 1.95 bits per heavy atom. The Morgan fingerprint density at radius 3 is 2.68 bits per heavy atom. The van der Waals surface area contributed by atoms with Gasteiger partial charge in [0.05, 0.1) is 5.69 Å². The minimum Gasteiger partial charge on any atom is -0.476 e. The number of aryl methyl sites for hydroxylation is 1. The van der Waals surface area contributed by atoms with Crippen molar-refractivity contribution in [2.45, 2.75) is 12.8 Å². The number of aromatic carboxylic acids is 1. The van der Waals surface area contributed by atoms with E-state index in [0.29, 0.717) is 5.69 Å². The normalized spacial score (nSPS) is 10.1. The van der Waals surface area contributed by atoms with Crippen LogP contribution in [0.3, 0.4) is 0 Å². The SMILES string of the molecule is O=C(O)c1ncccc1NCCCc1ccccc1. The van der Waals surface area contributed by atoms with Crippen molar-refractivity contribution in [3.05, 3.63) is 59.9 Å². The zero-order valence-corrected chi connectivity index (χ0v) is 10.5. The van der Waals surface area contributed by atoms with E-state index in [1.165, 1.54) is 11.8 Å². The summed E-state index contributed by atoms with van der Waals surface area (Å²) in [7, 11) is 0. The molecule has 98 valence electrons. The zero-order valence-electron chi connectivity index (χ0n) is 10.5. The average Bonchev–Trinajstić information content (AvgIpc) is 2.45. The smallest absolute Gasteiger partial charge is 0.356 e. The molecule has 1 heterocycles. The summed E-state index contributed by atoms with van der Waals surface area (Å²) in [6.45, 7) is 0.723. The van der Waals surface area contributed by atoms with Gasteiger partial charge in [-0.1, -0.05) is 30.3 Å². The van der Waals surface area contributed by atoms with Gasteiger partial charge in [-0.3, -0.25) is 0 Å². The zero-order chi connectivity index (χ0) is 13.5. The van der Waals surface area contributed by atoms with Crippen LogP contribution in [0.25, 0.3) is 0 Å². The number of pyridine rings is 1. The third-order valence-corrected chi connectivity index (χ3v) is 2.81. The fourth-order valence-electron chi connectivity index (χ4n) is 1.88. The molecule has 0 atom stereocenters. The largest absolute Gasteiger partial charge is 0.476 e. The van der Waals surface area contributed by atoms with Gasteiger partial charge in [0.15, 0.2) is 5.69 Å². The van der Waals surface area contributed by atoms with Crippen molar-refractivity contribution >= 4 is 11.7 Å². The summed E-state index contributed by atoms with van der Waals surface area (Å²) >= 11 is 0. The molecule has 0 radical (unpaired) electrons. The predicted molar refractivity (Wildman–Crippen MR) is 74.4 cm³/mol. The van der Waals surface area contributed by atoms with E-state index in [-0.39, 0.29) is 5.69 Å².